The number of nitrogens with zero attached hydrogens (tertiary/aromatic N) is 1. The lowest BCUT2D eigenvalue weighted by atomic mass is 9.83. The van der Waals surface area contributed by atoms with Crippen LogP contribution in [0.1, 0.15) is 12.0 Å². The molecule has 28 heavy (non-hydrogen) atoms. The minimum Gasteiger partial charge on any atom is -0.475 e. The molecule has 1 aromatic carbocycles. The summed E-state index contributed by atoms with van der Waals surface area (Å²) in [5, 5.41) is 7.12. The molecule has 2 saturated heterocycles. The van der Waals surface area contributed by atoms with Crippen LogP contribution in [0.4, 0.5) is 17.6 Å². The van der Waals surface area contributed by atoms with Crippen LogP contribution in [0.2, 0.25) is 0 Å². The molecule has 2 aliphatic heterocycles. The van der Waals surface area contributed by atoms with Crippen molar-refractivity contribution in [2.24, 2.45) is 5.92 Å². The SMILES string of the molecule is COCC1CCS(=O)(=O)C12CN(Cc1ccccc1F)C2.O=C(O)C(F)(F)F. The standard InChI is InChI=1S/C15H20FNO3S.C2HF3O2/c1-20-9-13-6-7-21(18,19)15(13)10-17(11-15)8-12-4-2-3-5-14(12)16;3-2(4,5)1(6)7/h2-5,13H,6-11H2,1H3;(H,6,7). The number of hydrogen-bond donors (Lipinski definition) is 1. The zero-order valence-electron chi connectivity index (χ0n) is 15.1. The molecule has 0 bridgehead atoms. The van der Waals surface area contributed by atoms with Crippen molar-refractivity contribution in [2.75, 3.05) is 32.6 Å². The van der Waals surface area contributed by atoms with Gasteiger partial charge in [-0.15, -0.1) is 0 Å². The van der Waals surface area contributed by atoms with Gasteiger partial charge in [0.1, 0.15) is 10.6 Å². The lowest BCUT2D eigenvalue weighted by Crippen LogP contribution is -2.67. The molecule has 3 rings (SSSR count). The second-order valence-corrected chi connectivity index (χ2v) is 9.31. The Hall–Kier alpha value is -1.72. The Balaban J connectivity index is 0.000000345. The van der Waals surface area contributed by atoms with Gasteiger partial charge in [-0.25, -0.2) is 17.6 Å². The van der Waals surface area contributed by atoms with Crippen LogP contribution in [-0.4, -0.2) is 67.9 Å². The van der Waals surface area contributed by atoms with E-state index >= 15 is 0 Å². The highest BCUT2D eigenvalue weighted by atomic mass is 32.2. The molecule has 6 nitrogen and oxygen atoms in total. The van der Waals surface area contributed by atoms with Gasteiger partial charge in [0.2, 0.25) is 0 Å². The van der Waals surface area contributed by atoms with Crippen molar-refractivity contribution in [1.29, 1.82) is 0 Å². The second-order valence-electron chi connectivity index (χ2n) is 6.86. The molecule has 0 saturated carbocycles. The first-order valence-electron chi connectivity index (χ1n) is 8.40. The van der Waals surface area contributed by atoms with Crippen molar-refractivity contribution in [2.45, 2.75) is 23.9 Å². The van der Waals surface area contributed by atoms with Crippen molar-refractivity contribution in [3.05, 3.63) is 35.6 Å². The summed E-state index contributed by atoms with van der Waals surface area (Å²) in [5.74, 6) is -2.69. The minimum absolute atomic E-state index is 0.0596. The number of carboxylic acids is 1. The molecule has 158 valence electrons. The van der Waals surface area contributed by atoms with Gasteiger partial charge in [0.05, 0.1) is 12.4 Å². The topological polar surface area (TPSA) is 83.9 Å². The highest BCUT2D eigenvalue weighted by Gasteiger charge is 2.61. The van der Waals surface area contributed by atoms with Crippen molar-refractivity contribution in [3.8, 4) is 0 Å². The number of carbonyl (C=O) groups is 1. The van der Waals surface area contributed by atoms with Gasteiger partial charge in [-0.05, 0) is 12.5 Å². The number of rotatable bonds is 4. The van der Waals surface area contributed by atoms with Gasteiger partial charge < -0.3 is 9.84 Å². The normalized spacial score (nSPS) is 23.0. The van der Waals surface area contributed by atoms with Crippen LogP contribution in [0.25, 0.3) is 0 Å². The van der Waals surface area contributed by atoms with Crippen LogP contribution >= 0.6 is 0 Å². The highest BCUT2D eigenvalue weighted by Crippen LogP contribution is 2.45. The van der Waals surface area contributed by atoms with E-state index < -0.39 is 26.7 Å². The van der Waals surface area contributed by atoms with Gasteiger partial charge in [-0.2, -0.15) is 13.2 Å². The fraction of sp³-hybridized carbons (Fsp3) is 0.588. The Morgan fingerprint density at radius 1 is 1.32 bits per heavy atom. The van der Waals surface area contributed by atoms with Gasteiger partial charge in [0.25, 0.3) is 0 Å². The van der Waals surface area contributed by atoms with Crippen LogP contribution in [0.15, 0.2) is 24.3 Å². The summed E-state index contributed by atoms with van der Waals surface area (Å²) < 4.78 is 74.6. The molecule has 1 unspecified atom stereocenters. The van der Waals surface area contributed by atoms with Crippen LogP contribution in [-0.2, 0) is 25.9 Å². The predicted octanol–water partition coefficient (Wildman–Crippen LogP) is 2.09. The molecule has 2 heterocycles. The Bertz CT molecular complexity index is 806. The van der Waals surface area contributed by atoms with Crippen LogP contribution in [0.5, 0.6) is 0 Å². The zero-order valence-corrected chi connectivity index (χ0v) is 15.9. The maximum absolute atomic E-state index is 13.7. The Morgan fingerprint density at radius 2 is 1.89 bits per heavy atom. The average molecular weight is 427 g/mol. The van der Waals surface area contributed by atoms with Gasteiger partial charge in [0, 0.05) is 38.2 Å². The molecule has 2 aliphatic rings. The Kier molecular flexibility index (Phi) is 6.72. The second kappa shape index (κ2) is 8.34. The van der Waals surface area contributed by atoms with Crippen molar-refractivity contribution >= 4 is 15.8 Å². The van der Waals surface area contributed by atoms with E-state index in [1.54, 1.807) is 25.3 Å². The summed E-state index contributed by atoms with van der Waals surface area (Å²) in [4.78, 5) is 10.9. The first-order chi connectivity index (χ1) is 12.9. The minimum atomic E-state index is -5.08. The van der Waals surface area contributed by atoms with Crippen molar-refractivity contribution < 1.29 is 40.6 Å². The summed E-state index contributed by atoms with van der Waals surface area (Å²) in [7, 11) is -1.47. The number of carboxylic acid groups (broad SMARTS) is 1. The van der Waals surface area contributed by atoms with E-state index in [-0.39, 0.29) is 17.5 Å². The maximum Gasteiger partial charge on any atom is 0.490 e. The predicted molar refractivity (Wildman–Crippen MR) is 91.9 cm³/mol. The Morgan fingerprint density at radius 3 is 2.39 bits per heavy atom. The molecule has 1 N–H and O–H groups in total. The number of aliphatic carboxylic acids is 1. The molecule has 0 radical (unpaired) electrons. The molecule has 2 fully saturated rings. The number of methoxy groups -OCH3 is 1. The van der Waals surface area contributed by atoms with Crippen LogP contribution < -0.4 is 0 Å². The molecule has 0 aliphatic carbocycles. The van der Waals surface area contributed by atoms with Gasteiger partial charge in [-0.3, -0.25) is 4.90 Å². The highest BCUT2D eigenvalue weighted by molar-refractivity contribution is 7.93. The monoisotopic (exact) mass is 427 g/mol. The van der Waals surface area contributed by atoms with Crippen LogP contribution in [0.3, 0.4) is 0 Å². The van der Waals surface area contributed by atoms with E-state index in [1.165, 1.54) is 6.07 Å². The van der Waals surface area contributed by atoms with E-state index in [0.717, 1.165) is 0 Å². The first-order valence-corrected chi connectivity index (χ1v) is 10.1. The van der Waals surface area contributed by atoms with Gasteiger partial charge in [0.15, 0.2) is 9.84 Å². The fourth-order valence-corrected chi connectivity index (χ4v) is 6.05. The smallest absolute Gasteiger partial charge is 0.475 e. The van der Waals surface area contributed by atoms with E-state index in [9.17, 15) is 26.0 Å². The number of likely N-dealkylation sites (tertiary alicyclic amines) is 1. The number of alkyl halides is 3. The summed E-state index contributed by atoms with van der Waals surface area (Å²) in [6.45, 7) is 1.91. The first kappa shape index (κ1) is 22.6. The summed E-state index contributed by atoms with van der Waals surface area (Å²) >= 11 is 0. The van der Waals surface area contributed by atoms with E-state index in [4.69, 9.17) is 14.6 Å². The number of hydrogen-bond acceptors (Lipinski definition) is 5. The molecular formula is C17H21F4NO5S. The average Bonchev–Trinajstić information content (AvgIpc) is 2.81. The van der Waals surface area contributed by atoms with Gasteiger partial charge >= 0.3 is 12.1 Å². The summed E-state index contributed by atoms with van der Waals surface area (Å²) in [6.07, 6.45) is -4.41. The van der Waals surface area contributed by atoms with Crippen molar-refractivity contribution in [3.63, 3.8) is 0 Å². The molecule has 11 heteroatoms. The summed E-state index contributed by atoms with van der Waals surface area (Å²) in [5.41, 5.74) is 0.617. The molecule has 1 atom stereocenters. The summed E-state index contributed by atoms with van der Waals surface area (Å²) in [6, 6.07) is 6.64. The zero-order chi connectivity index (χ0) is 21.2. The lowest BCUT2D eigenvalue weighted by Gasteiger charge is -2.50. The molecule has 0 amide bonds. The number of ether oxygens (including phenoxy) is 1. The Labute approximate surface area is 160 Å². The fourth-order valence-electron chi connectivity index (χ4n) is 3.60. The van der Waals surface area contributed by atoms with Gasteiger partial charge in [-0.1, -0.05) is 18.2 Å². The molecule has 1 aromatic rings. The third-order valence-electron chi connectivity index (χ3n) is 5.04. The van der Waals surface area contributed by atoms with E-state index in [0.29, 0.717) is 38.2 Å². The lowest BCUT2D eigenvalue weighted by molar-refractivity contribution is -0.192. The van der Waals surface area contributed by atoms with E-state index in [1.807, 2.05) is 4.90 Å². The van der Waals surface area contributed by atoms with Crippen LogP contribution in [0, 0.1) is 11.7 Å². The third kappa shape index (κ3) is 4.64. The number of sulfone groups is 1. The molecular weight excluding hydrogens is 406 g/mol. The number of benzene rings is 1. The van der Waals surface area contributed by atoms with Crippen molar-refractivity contribution in [1.82, 2.24) is 4.90 Å². The number of halogens is 4. The molecule has 1 spiro atoms. The largest absolute Gasteiger partial charge is 0.490 e. The van der Waals surface area contributed by atoms with E-state index in [2.05, 4.69) is 0 Å². The quantitative estimate of drug-likeness (QED) is 0.741. The maximum atomic E-state index is 13.7. The molecule has 0 aromatic heterocycles. The third-order valence-corrected chi connectivity index (χ3v) is 7.65.